The van der Waals surface area contributed by atoms with Crippen molar-refractivity contribution in [2.45, 2.75) is 24.3 Å². The maximum atomic E-state index is 4.43. The summed E-state index contributed by atoms with van der Waals surface area (Å²) in [6.45, 7) is 0. The molecular formula is C10H14N2S2. The van der Waals surface area contributed by atoms with Crippen molar-refractivity contribution in [2.75, 3.05) is 11.5 Å². The molecular weight excluding hydrogens is 212 g/mol. The summed E-state index contributed by atoms with van der Waals surface area (Å²) in [5.74, 6) is 2.13. The second-order valence-electron chi connectivity index (χ2n) is 3.84. The fraction of sp³-hybridized carbons (Fsp3) is 0.600. The highest BCUT2D eigenvalue weighted by atomic mass is 32.2. The molecule has 0 amide bonds. The maximum Gasteiger partial charge on any atom is 0.114 e. The van der Waals surface area contributed by atoms with E-state index in [2.05, 4.69) is 22.6 Å². The topological polar surface area (TPSA) is 25.8 Å². The van der Waals surface area contributed by atoms with Crippen LogP contribution in [-0.2, 0) is 0 Å². The van der Waals surface area contributed by atoms with Crippen LogP contribution in [0.15, 0.2) is 23.6 Å². The van der Waals surface area contributed by atoms with Crippen LogP contribution in [0.5, 0.6) is 0 Å². The molecule has 0 unspecified atom stereocenters. The summed E-state index contributed by atoms with van der Waals surface area (Å²) >= 11 is 6.23. The SMILES string of the molecule is SCC1(CSc2cnccn2)CCC1. The van der Waals surface area contributed by atoms with Crippen molar-refractivity contribution in [1.82, 2.24) is 9.97 Å². The van der Waals surface area contributed by atoms with E-state index in [9.17, 15) is 0 Å². The Morgan fingerprint density at radius 1 is 1.43 bits per heavy atom. The Balaban J connectivity index is 1.88. The Bertz CT molecular complexity index is 280. The van der Waals surface area contributed by atoms with Crippen LogP contribution in [0.3, 0.4) is 0 Å². The fourth-order valence-electron chi connectivity index (χ4n) is 1.61. The molecule has 1 fully saturated rings. The van der Waals surface area contributed by atoms with Crippen LogP contribution in [0.4, 0.5) is 0 Å². The van der Waals surface area contributed by atoms with Crippen molar-refractivity contribution >= 4 is 24.4 Å². The summed E-state index contributed by atoms with van der Waals surface area (Å²) in [4.78, 5) is 8.30. The van der Waals surface area contributed by atoms with Gasteiger partial charge in [-0.05, 0) is 24.0 Å². The highest BCUT2D eigenvalue weighted by Crippen LogP contribution is 2.45. The van der Waals surface area contributed by atoms with Gasteiger partial charge < -0.3 is 0 Å². The number of hydrogen-bond acceptors (Lipinski definition) is 4. The van der Waals surface area contributed by atoms with E-state index in [1.165, 1.54) is 19.3 Å². The molecule has 0 aromatic carbocycles. The van der Waals surface area contributed by atoms with Crippen molar-refractivity contribution in [3.63, 3.8) is 0 Å². The van der Waals surface area contributed by atoms with Crippen LogP contribution in [0.1, 0.15) is 19.3 Å². The highest BCUT2D eigenvalue weighted by Gasteiger charge is 2.35. The zero-order chi connectivity index (χ0) is 9.86. The van der Waals surface area contributed by atoms with Gasteiger partial charge in [-0.2, -0.15) is 12.6 Å². The summed E-state index contributed by atoms with van der Waals surface area (Å²) in [6.07, 6.45) is 9.29. The first kappa shape index (κ1) is 10.3. The van der Waals surface area contributed by atoms with Gasteiger partial charge in [0.15, 0.2) is 0 Å². The second kappa shape index (κ2) is 4.53. The van der Waals surface area contributed by atoms with Gasteiger partial charge in [-0.1, -0.05) is 6.42 Å². The van der Waals surface area contributed by atoms with E-state index in [1.54, 1.807) is 24.2 Å². The summed E-state index contributed by atoms with van der Waals surface area (Å²) in [6, 6.07) is 0. The number of rotatable bonds is 4. The Kier molecular flexibility index (Phi) is 3.34. The third kappa shape index (κ3) is 2.23. The number of thioether (sulfide) groups is 1. The molecule has 1 aliphatic carbocycles. The molecule has 0 radical (unpaired) electrons. The van der Waals surface area contributed by atoms with Gasteiger partial charge in [0.25, 0.3) is 0 Å². The Morgan fingerprint density at radius 3 is 2.79 bits per heavy atom. The smallest absolute Gasteiger partial charge is 0.114 e. The van der Waals surface area contributed by atoms with Gasteiger partial charge in [0, 0.05) is 18.1 Å². The van der Waals surface area contributed by atoms with E-state index in [0.29, 0.717) is 5.41 Å². The molecule has 76 valence electrons. The summed E-state index contributed by atoms with van der Waals surface area (Å²) in [7, 11) is 0. The molecule has 0 atom stereocenters. The number of hydrogen-bond donors (Lipinski definition) is 1. The predicted octanol–water partition coefficient (Wildman–Crippen LogP) is 2.67. The van der Waals surface area contributed by atoms with Gasteiger partial charge in [0.05, 0.1) is 6.20 Å². The molecule has 1 aromatic rings. The van der Waals surface area contributed by atoms with E-state index >= 15 is 0 Å². The Morgan fingerprint density at radius 2 is 2.29 bits per heavy atom. The average Bonchev–Trinajstić information content (AvgIpc) is 2.19. The highest BCUT2D eigenvalue weighted by molar-refractivity contribution is 7.99. The Labute approximate surface area is 94.3 Å². The number of thiol groups is 1. The van der Waals surface area contributed by atoms with Crippen molar-refractivity contribution in [1.29, 1.82) is 0 Å². The van der Waals surface area contributed by atoms with Crippen LogP contribution in [0.25, 0.3) is 0 Å². The molecule has 1 saturated carbocycles. The Hall–Kier alpha value is -0.220. The first-order valence-electron chi connectivity index (χ1n) is 4.84. The van der Waals surface area contributed by atoms with Gasteiger partial charge >= 0.3 is 0 Å². The third-order valence-electron chi connectivity index (χ3n) is 2.82. The average molecular weight is 226 g/mol. The lowest BCUT2D eigenvalue weighted by molar-refractivity contribution is 0.205. The number of aromatic nitrogens is 2. The van der Waals surface area contributed by atoms with Crippen molar-refractivity contribution in [2.24, 2.45) is 5.41 Å². The molecule has 2 nitrogen and oxygen atoms in total. The van der Waals surface area contributed by atoms with Crippen LogP contribution >= 0.6 is 24.4 Å². The molecule has 1 aromatic heterocycles. The predicted molar refractivity (Wildman–Crippen MR) is 62.9 cm³/mol. The van der Waals surface area contributed by atoms with Gasteiger partial charge in [0.2, 0.25) is 0 Å². The lowest BCUT2D eigenvalue weighted by Gasteiger charge is -2.40. The van der Waals surface area contributed by atoms with Crippen LogP contribution in [0.2, 0.25) is 0 Å². The number of nitrogens with zero attached hydrogens (tertiary/aromatic N) is 2. The van der Waals surface area contributed by atoms with E-state index in [1.807, 2.05) is 6.20 Å². The van der Waals surface area contributed by atoms with Crippen molar-refractivity contribution < 1.29 is 0 Å². The molecule has 1 aliphatic rings. The van der Waals surface area contributed by atoms with E-state index in [4.69, 9.17) is 0 Å². The molecule has 0 N–H and O–H groups in total. The lowest BCUT2D eigenvalue weighted by atomic mass is 9.72. The lowest BCUT2D eigenvalue weighted by Crippen LogP contribution is -2.33. The van der Waals surface area contributed by atoms with Crippen LogP contribution < -0.4 is 0 Å². The molecule has 14 heavy (non-hydrogen) atoms. The van der Waals surface area contributed by atoms with Gasteiger partial charge in [0.1, 0.15) is 5.03 Å². The largest absolute Gasteiger partial charge is 0.260 e. The molecule has 0 aliphatic heterocycles. The van der Waals surface area contributed by atoms with Gasteiger partial charge in [-0.15, -0.1) is 11.8 Å². The quantitative estimate of drug-likeness (QED) is 0.631. The van der Waals surface area contributed by atoms with Gasteiger partial charge in [-0.25, -0.2) is 4.98 Å². The second-order valence-corrected chi connectivity index (χ2v) is 5.16. The minimum Gasteiger partial charge on any atom is -0.260 e. The zero-order valence-electron chi connectivity index (χ0n) is 8.02. The third-order valence-corrected chi connectivity index (χ3v) is 4.75. The molecule has 0 bridgehead atoms. The zero-order valence-corrected chi connectivity index (χ0v) is 9.73. The van der Waals surface area contributed by atoms with E-state index in [0.717, 1.165) is 16.5 Å². The molecule has 1 heterocycles. The molecule has 0 saturated heterocycles. The minimum atomic E-state index is 0.477. The normalized spacial score (nSPS) is 18.9. The fourth-order valence-corrected chi connectivity index (χ4v) is 3.31. The van der Waals surface area contributed by atoms with Crippen LogP contribution in [-0.4, -0.2) is 21.5 Å². The van der Waals surface area contributed by atoms with Gasteiger partial charge in [-0.3, -0.25) is 4.98 Å². The molecule has 0 spiro atoms. The first-order chi connectivity index (χ1) is 6.85. The van der Waals surface area contributed by atoms with E-state index < -0.39 is 0 Å². The summed E-state index contributed by atoms with van der Waals surface area (Å²) in [5.41, 5.74) is 0.477. The van der Waals surface area contributed by atoms with Crippen molar-refractivity contribution in [3.05, 3.63) is 18.6 Å². The van der Waals surface area contributed by atoms with Crippen LogP contribution in [0, 0.1) is 5.41 Å². The van der Waals surface area contributed by atoms with Crippen molar-refractivity contribution in [3.8, 4) is 0 Å². The first-order valence-corrected chi connectivity index (χ1v) is 6.46. The maximum absolute atomic E-state index is 4.43. The summed E-state index contributed by atoms with van der Waals surface area (Å²) in [5, 5.41) is 1.03. The standard InChI is InChI=1S/C10H14N2S2/c13-7-10(2-1-3-10)8-14-9-6-11-4-5-12-9/h4-6,13H,1-3,7-8H2. The monoisotopic (exact) mass is 226 g/mol. The summed E-state index contributed by atoms with van der Waals surface area (Å²) < 4.78 is 0. The minimum absolute atomic E-state index is 0.477. The molecule has 2 rings (SSSR count). The molecule has 4 heteroatoms. The van der Waals surface area contributed by atoms with E-state index in [-0.39, 0.29) is 0 Å².